The number of ether oxygens (including phenoxy) is 1. The number of rotatable bonds is 3. The molecule has 0 aromatic carbocycles. The standard InChI is InChI=1S/C5H10O2.C5H12/c1-5(2,3)7-4-6;1-3-5-4-2/h4H,1-3H3;3-5H2,1-2H3. The van der Waals surface area contributed by atoms with E-state index in [1.807, 2.05) is 20.8 Å². The number of unbranched alkanes of at least 4 members (excludes halogenated alkanes) is 2. The molecule has 0 fully saturated rings. The molecule has 0 atom stereocenters. The molecule has 0 spiro atoms. The quantitative estimate of drug-likeness (QED) is 0.614. The molecule has 74 valence electrons. The van der Waals surface area contributed by atoms with Gasteiger partial charge in [-0.15, -0.1) is 0 Å². The molecule has 0 bridgehead atoms. The number of hydrogen-bond acceptors (Lipinski definition) is 2. The van der Waals surface area contributed by atoms with Crippen LogP contribution in [0.3, 0.4) is 0 Å². The smallest absolute Gasteiger partial charge is 0.293 e. The van der Waals surface area contributed by atoms with Gasteiger partial charge in [0.15, 0.2) is 0 Å². The van der Waals surface area contributed by atoms with E-state index in [1.54, 1.807) is 0 Å². The van der Waals surface area contributed by atoms with Crippen LogP contribution in [-0.4, -0.2) is 12.1 Å². The zero-order valence-electron chi connectivity index (χ0n) is 9.02. The zero-order valence-corrected chi connectivity index (χ0v) is 9.02. The second-order valence-corrected chi connectivity index (χ2v) is 3.68. The van der Waals surface area contributed by atoms with Gasteiger partial charge in [-0.1, -0.05) is 33.1 Å². The van der Waals surface area contributed by atoms with Gasteiger partial charge in [-0.05, 0) is 20.8 Å². The predicted octanol–water partition coefficient (Wildman–Crippen LogP) is 3.15. The van der Waals surface area contributed by atoms with Gasteiger partial charge in [0, 0.05) is 0 Å². The van der Waals surface area contributed by atoms with Crippen LogP contribution in [0.1, 0.15) is 53.9 Å². The van der Waals surface area contributed by atoms with Crippen LogP contribution in [-0.2, 0) is 9.53 Å². The Labute approximate surface area is 76.3 Å². The molecule has 0 saturated carbocycles. The van der Waals surface area contributed by atoms with E-state index in [0.717, 1.165) is 0 Å². The summed E-state index contributed by atoms with van der Waals surface area (Å²) in [6.07, 6.45) is 4.08. The maximum atomic E-state index is 9.60. The third-order valence-electron chi connectivity index (χ3n) is 1.11. The van der Waals surface area contributed by atoms with Crippen LogP contribution in [0.2, 0.25) is 0 Å². The van der Waals surface area contributed by atoms with Crippen molar-refractivity contribution in [2.75, 3.05) is 0 Å². The third-order valence-corrected chi connectivity index (χ3v) is 1.11. The highest BCUT2D eigenvalue weighted by Crippen LogP contribution is 2.02. The van der Waals surface area contributed by atoms with Gasteiger partial charge >= 0.3 is 0 Å². The van der Waals surface area contributed by atoms with Crippen molar-refractivity contribution in [2.24, 2.45) is 0 Å². The van der Waals surface area contributed by atoms with Gasteiger partial charge in [-0.25, -0.2) is 0 Å². The van der Waals surface area contributed by atoms with Crippen molar-refractivity contribution < 1.29 is 9.53 Å². The molecule has 0 N–H and O–H groups in total. The minimum Gasteiger partial charge on any atom is -0.462 e. The molecule has 2 heteroatoms. The van der Waals surface area contributed by atoms with Crippen LogP contribution in [0.5, 0.6) is 0 Å². The number of carbonyl (C=O) groups excluding carboxylic acids is 1. The van der Waals surface area contributed by atoms with Gasteiger partial charge in [0.25, 0.3) is 6.47 Å². The Kier molecular flexibility index (Phi) is 10.0. The maximum absolute atomic E-state index is 9.60. The Morgan fingerprint density at radius 1 is 1.17 bits per heavy atom. The van der Waals surface area contributed by atoms with Crippen LogP contribution in [0, 0.1) is 0 Å². The van der Waals surface area contributed by atoms with Crippen LogP contribution >= 0.6 is 0 Å². The summed E-state index contributed by atoms with van der Waals surface area (Å²) < 4.78 is 4.55. The van der Waals surface area contributed by atoms with E-state index in [1.165, 1.54) is 19.3 Å². The molecule has 0 radical (unpaired) electrons. The van der Waals surface area contributed by atoms with Gasteiger partial charge in [0.05, 0.1) is 0 Å². The lowest BCUT2D eigenvalue weighted by molar-refractivity contribution is -0.138. The zero-order chi connectivity index (χ0) is 10.0. The van der Waals surface area contributed by atoms with E-state index < -0.39 is 0 Å². The third kappa shape index (κ3) is 22.7. The van der Waals surface area contributed by atoms with Crippen LogP contribution < -0.4 is 0 Å². The summed E-state index contributed by atoms with van der Waals surface area (Å²) in [4.78, 5) is 9.60. The van der Waals surface area contributed by atoms with Crippen molar-refractivity contribution in [3.05, 3.63) is 0 Å². The molecule has 0 aromatic rings. The van der Waals surface area contributed by atoms with Crippen molar-refractivity contribution in [3.8, 4) is 0 Å². The van der Waals surface area contributed by atoms with E-state index in [2.05, 4.69) is 18.6 Å². The van der Waals surface area contributed by atoms with Crippen LogP contribution in [0.4, 0.5) is 0 Å². The van der Waals surface area contributed by atoms with E-state index in [4.69, 9.17) is 0 Å². The average molecular weight is 174 g/mol. The van der Waals surface area contributed by atoms with E-state index >= 15 is 0 Å². The summed E-state index contributed by atoms with van der Waals surface area (Å²) in [6.45, 7) is 10.3. The first-order chi connectivity index (χ1) is 5.47. The molecule has 0 unspecified atom stereocenters. The fourth-order valence-corrected chi connectivity index (χ4v) is 0.498. The topological polar surface area (TPSA) is 26.3 Å². The monoisotopic (exact) mass is 174 g/mol. The Bertz CT molecular complexity index is 90.5. The van der Waals surface area contributed by atoms with Crippen molar-refractivity contribution >= 4 is 6.47 Å². The van der Waals surface area contributed by atoms with Crippen molar-refractivity contribution in [1.29, 1.82) is 0 Å². The first kappa shape index (κ1) is 14.0. The summed E-state index contributed by atoms with van der Waals surface area (Å²) in [6, 6.07) is 0. The summed E-state index contributed by atoms with van der Waals surface area (Å²) in [5, 5.41) is 0. The summed E-state index contributed by atoms with van der Waals surface area (Å²) in [5.74, 6) is 0. The first-order valence-electron chi connectivity index (χ1n) is 4.59. The molecule has 2 nitrogen and oxygen atoms in total. The summed E-state index contributed by atoms with van der Waals surface area (Å²) in [7, 11) is 0. The Morgan fingerprint density at radius 2 is 1.58 bits per heavy atom. The molecule has 0 saturated heterocycles. The van der Waals surface area contributed by atoms with Gasteiger partial charge in [-0.2, -0.15) is 0 Å². The van der Waals surface area contributed by atoms with Crippen LogP contribution in [0.15, 0.2) is 0 Å². The number of hydrogen-bond donors (Lipinski definition) is 0. The second-order valence-electron chi connectivity index (χ2n) is 3.68. The minimum absolute atomic E-state index is 0.318. The molecular formula is C10H22O2. The van der Waals surface area contributed by atoms with Gasteiger partial charge < -0.3 is 4.74 Å². The van der Waals surface area contributed by atoms with E-state index in [9.17, 15) is 4.79 Å². The summed E-state index contributed by atoms with van der Waals surface area (Å²) in [5.41, 5.74) is -0.318. The lowest BCUT2D eigenvalue weighted by Gasteiger charge is -2.14. The molecule has 0 amide bonds. The lowest BCUT2D eigenvalue weighted by Crippen LogP contribution is -2.17. The molecule has 0 rings (SSSR count). The van der Waals surface area contributed by atoms with Gasteiger partial charge in [0.2, 0.25) is 0 Å². The van der Waals surface area contributed by atoms with E-state index in [-0.39, 0.29) is 5.60 Å². The van der Waals surface area contributed by atoms with E-state index in [0.29, 0.717) is 6.47 Å². The molecule has 0 heterocycles. The second kappa shape index (κ2) is 8.57. The molecule has 0 aliphatic carbocycles. The highest BCUT2D eigenvalue weighted by molar-refractivity contribution is 5.37. The number of carbonyl (C=O) groups is 1. The van der Waals surface area contributed by atoms with Gasteiger partial charge in [-0.3, -0.25) is 4.79 Å². The SMILES string of the molecule is CC(C)(C)OC=O.CCCCC. The molecule has 0 aliphatic heterocycles. The Morgan fingerprint density at radius 3 is 1.58 bits per heavy atom. The van der Waals surface area contributed by atoms with Crippen LogP contribution in [0.25, 0.3) is 0 Å². The highest BCUT2D eigenvalue weighted by Gasteiger charge is 2.07. The average Bonchev–Trinajstić information content (AvgIpc) is 1.87. The lowest BCUT2D eigenvalue weighted by atomic mass is 10.2. The fourth-order valence-electron chi connectivity index (χ4n) is 0.498. The Hall–Kier alpha value is -0.530. The highest BCUT2D eigenvalue weighted by atomic mass is 16.5. The Balaban J connectivity index is 0. The normalized spacial score (nSPS) is 9.75. The predicted molar refractivity (Wildman–Crippen MR) is 52.1 cm³/mol. The molecule has 0 aromatic heterocycles. The largest absolute Gasteiger partial charge is 0.462 e. The molecular weight excluding hydrogens is 152 g/mol. The van der Waals surface area contributed by atoms with Crippen molar-refractivity contribution in [2.45, 2.75) is 59.5 Å². The summed E-state index contributed by atoms with van der Waals surface area (Å²) >= 11 is 0. The fraction of sp³-hybridized carbons (Fsp3) is 0.900. The van der Waals surface area contributed by atoms with Gasteiger partial charge in [0.1, 0.15) is 5.60 Å². The molecule has 0 aliphatic rings. The minimum atomic E-state index is -0.318. The van der Waals surface area contributed by atoms with Crippen molar-refractivity contribution in [1.82, 2.24) is 0 Å². The molecule has 12 heavy (non-hydrogen) atoms. The van der Waals surface area contributed by atoms with Crippen molar-refractivity contribution in [3.63, 3.8) is 0 Å². The first-order valence-corrected chi connectivity index (χ1v) is 4.59. The maximum Gasteiger partial charge on any atom is 0.293 e.